The molecule has 0 spiro atoms. The van der Waals surface area contributed by atoms with Gasteiger partial charge in [-0.1, -0.05) is 66.0 Å². The van der Waals surface area contributed by atoms with Gasteiger partial charge in [-0.2, -0.15) is 5.10 Å². The molecule has 4 aromatic rings. The van der Waals surface area contributed by atoms with Crippen LogP contribution >= 0.6 is 11.3 Å². The molecule has 0 saturated heterocycles. The summed E-state index contributed by atoms with van der Waals surface area (Å²) >= 11 is 1.61. The fraction of sp³-hybridized carbons (Fsp3) is 0.174. The fourth-order valence-electron chi connectivity index (χ4n) is 3.84. The highest BCUT2D eigenvalue weighted by atomic mass is 32.1. The zero-order valence-electron chi connectivity index (χ0n) is 15.5. The average Bonchev–Trinajstić information content (AvgIpc) is 3.28. The van der Waals surface area contributed by atoms with Crippen LogP contribution < -0.4 is 0 Å². The Balaban J connectivity index is 1.52. The van der Waals surface area contributed by atoms with E-state index in [0.717, 1.165) is 44.3 Å². The number of hydrogen-bond donors (Lipinski definition) is 0. The van der Waals surface area contributed by atoms with Gasteiger partial charge in [0.05, 0.1) is 27.2 Å². The zero-order chi connectivity index (χ0) is 19.1. The largest absolute Gasteiger partial charge is 0.294 e. The number of aryl methyl sites for hydroxylation is 1. The molecule has 2 aromatic heterocycles. The Hall–Kier alpha value is -3.05. The van der Waals surface area contributed by atoms with Crippen LogP contribution in [0.25, 0.3) is 21.4 Å². The van der Waals surface area contributed by atoms with Crippen molar-refractivity contribution in [3.63, 3.8) is 0 Å². The lowest BCUT2D eigenvalue weighted by atomic mass is 9.85. The Labute approximate surface area is 167 Å². The highest BCUT2D eigenvalue weighted by Gasteiger charge is 2.31. The molecule has 0 saturated carbocycles. The third-order valence-corrected chi connectivity index (χ3v) is 6.17. The molecule has 1 atom stereocenters. The van der Waals surface area contributed by atoms with Crippen molar-refractivity contribution < 1.29 is 4.79 Å². The first kappa shape index (κ1) is 17.1. The molecule has 2 aromatic carbocycles. The number of allylic oxidation sites excluding steroid dienone is 1. The third-order valence-electron chi connectivity index (χ3n) is 5.16. The van der Waals surface area contributed by atoms with Crippen molar-refractivity contribution in [2.75, 3.05) is 0 Å². The number of rotatable bonds is 3. The van der Waals surface area contributed by atoms with E-state index in [4.69, 9.17) is 4.98 Å². The predicted molar refractivity (Wildman–Crippen MR) is 113 cm³/mol. The standard InChI is InChI=1S/C23H19N3OS/c1-15-22-19(26(25-15)23-24-18-9-5-6-10-21(18)28-23)13-17(14-20(22)27)12-11-16-7-3-2-4-8-16/h2-12,17H,13-14H2,1H3/b12-11+/t17-/m1/s1. The van der Waals surface area contributed by atoms with Crippen LogP contribution in [-0.4, -0.2) is 20.5 Å². The second-order valence-corrected chi connectivity index (χ2v) is 8.15. The van der Waals surface area contributed by atoms with Crippen molar-refractivity contribution in [2.24, 2.45) is 5.92 Å². The SMILES string of the molecule is Cc1nn(-c2nc3ccccc3s2)c2c1C(=O)C[C@H](/C=C/c1ccccc1)C2. The van der Waals surface area contributed by atoms with Crippen LogP contribution in [0.15, 0.2) is 60.7 Å². The summed E-state index contributed by atoms with van der Waals surface area (Å²) < 4.78 is 3.01. The van der Waals surface area contributed by atoms with Gasteiger partial charge in [-0.15, -0.1) is 0 Å². The second kappa shape index (κ2) is 6.84. The van der Waals surface area contributed by atoms with Crippen LogP contribution in [0.5, 0.6) is 0 Å². The van der Waals surface area contributed by atoms with Gasteiger partial charge in [0.2, 0.25) is 5.13 Å². The predicted octanol–water partition coefficient (Wildman–Crippen LogP) is 5.25. The number of nitrogens with zero attached hydrogens (tertiary/aromatic N) is 3. The van der Waals surface area contributed by atoms with Gasteiger partial charge in [-0.05, 0) is 37.0 Å². The Morgan fingerprint density at radius 3 is 2.68 bits per heavy atom. The van der Waals surface area contributed by atoms with Crippen molar-refractivity contribution in [1.82, 2.24) is 14.8 Å². The van der Waals surface area contributed by atoms with Gasteiger partial charge < -0.3 is 0 Å². The monoisotopic (exact) mass is 385 g/mol. The second-order valence-electron chi connectivity index (χ2n) is 7.14. The van der Waals surface area contributed by atoms with Crippen LogP contribution in [0.3, 0.4) is 0 Å². The summed E-state index contributed by atoms with van der Waals surface area (Å²) in [6.07, 6.45) is 5.58. The minimum atomic E-state index is 0.171. The van der Waals surface area contributed by atoms with E-state index in [-0.39, 0.29) is 11.7 Å². The van der Waals surface area contributed by atoms with E-state index in [1.165, 1.54) is 0 Å². The van der Waals surface area contributed by atoms with Gasteiger partial charge in [-0.25, -0.2) is 9.67 Å². The van der Waals surface area contributed by atoms with Crippen LogP contribution in [-0.2, 0) is 6.42 Å². The highest BCUT2D eigenvalue weighted by Crippen LogP contribution is 2.33. The lowest BCUT2D eigenvalue weighted by Gasteiger charge is -2.19. The topological polar surface area (TPSA) is 47.8 Å². The number of thiazole rings is 1. The third kappa shape index (κ3) is 2.98. The van der Waals surface area contributed by atoms with E-state index in [2.05, 4.69) is 35.4 Å². The first-order valence-corrected chi connectivity index (χ1v) is 10.2. The Morgan fingerprint density at radius 2 is 1.86 bits per heavy atom. The van der Waals surface area contributed by atoms with Crippen LogP contribution in [0.1, 0.15) is 33.7 Å². The molecular formula is C23H19N3OS. The number of ketones is 1. The highest BCUT2D eigenvalue weighted by molar-refractivity contribution is 7.20. The maximum Gasteiger partial charge on any atom is 0.211 e. The van der Waals surface area contributed by atoms with E-state index in [1.807, 2.05) is 48.0 Å². The summed E-state index contributed by atoms with van der Waals surface area (Å²) in [5.74, 6) is 0.346. The number of benzene rings is 2. The first-order chi connectivity index (χ1) is 13.7. The summed E-state index contributed by atoms with van der Waals surface area (Å²) in [7, 11) is 0. The van der Waals surface area contributed by atoms with Gasteiger partial charge in [0, 0.05) is 6.42 Å². The number of aromatic nitrogens is 3. The molecule has 0 radical (unpaired) electrons. The van der Waals surface area contributed by atoms with Crippen LogP contribution in [0.2, 0.25) is 0 Å². The number of fused-ring (bicyclic) bond motifs is 2. The smallest absolute Gasteiger partial charge is 0.211 e. The van der Waals surface area contributed by atoms with E-state index in [9.17, 15) is 4.79 Å². The lowest BCUT2D eigenvalue weighted by Crippen LogP contribution is -2.20. The molecule has 1 aliphatic rings. The van der Waals surface area contributed by atoms with Gasteiger partial charge in [-0.3, -0.25) is 4.79 Å². The number of para-hydroxylation sites is 1. The minimum Gasteiger partial charge on any atom is -0.294 e. The molecular weight excluding hydrogens is 366 g/mol. The Kier molecular flexibility index (Phi) is 4.17. The van der Waals surface area contributed by atoms with Crippen LogP contribution in [0, 0.1) is 12.8 Å². The molecule has 138 valence electrons. The Bertz CT molecular complexity index is 1170. The molecule has 0 unspecified atom stereocenters. The first-order valence-electron chi connectivity index (χ1n) is 9.40. The molecule has 1 aliphatic carbocycles. The molecule has 0 amide bonds. The summed E-state index contributed by atoms with van der Waals surface area (Å²) in [6, 6.07) is 18.3. The van der Waals surface area contributed by atoms with Crippen molar-refractivity contribution >= 4 is 33.4 Å². The number of carbonyl (C=O) groups excluding carboxylic acids is 1. The fourth-order valence-corrected chi connectivity index (χ4v) is 4.79. The van der Waals surface area contributed by atoms with E-state index < -0.39 is 0 Å². The molecule has 5 rings (SSSR count). The summed E-state index contributed by atoms with van der Waals surface area (Å²) in [4.78, 5) is 17.6. The molecule has 2 heterocycles. The molecule has 0 N–H and O–H groups in total. The molecule has 0 bridgehead atoms. The Morgan fingerprint density at radius 1 is 1.07 bits per heavy atom. The van der Waals surface area contributed by atoms with Crippen molar-refractivity contribution in [3.05, 3.63) is 83.2 Å². The van der Waals surface area contributed by atoms with Gasteiger partial charge in [0.15, 0.2) is 5.78 Å². The number of Topliss-reactive ketones (excluding diaryl/α,β-unsaturated/α-hetero) is 1. The molecule has 0 aliphatic heterocycles. The maximum absolute atomic E-state index is 12.8. The van der Waals surface area contributed by atoms with Gasteiger partial charge in [0.1, 0.15) is 0 Å². The quantitative estimate of drug-likeness (QED) is 0.484. The van der Waals surface area contributed by atoms with Crippen molar-refractivity contribution in [3.8, 4) is 5.13 Å². The van der Waals surface area contributed by atoms with Crippen molar-refractivity contribution in [1.29, 1.82) is 0 Å². The van der Waals surface area contributed by atoms with Crippen molar-refractivity contribution in [2.45, 2.75) is 19.8 Å². The lowest BCUT2D eigenvalue weighted by molar-refractivity contribution is 0.0958. The van der Waals surface area contributed by atoms with Crippen LogP contribution in [0.4, 0.5) is 0 Å². The molecule has 4 nitrogen and oxygen atoms in total. The minimum absolute atomic E-state index is 0.171. The molecule has 0 fully saturated rings. The molecule has 28 heavy (non-hydrogen) atoms. The normalized spacial score (nSPS) is 16.8. The van der Waals surface area contributed by atoms with E-state index in [1.54, 1.807) is 11.3 Å². The van der Waals surface area contributed by atoms with Gasteiger partial charge in [0.25, 0.3) is 0 Å². The average molecular weight is 385 g/mol. The molecule has 5 heteroatoms. The maximum atomic E-state index is 12.8. The number of hydrogen-bond acceptors (Lipinski definition) is 4. The summed E-state index contributed by atoms with van der Waals surface area (Å²) in [6.45, 7) is 1.92. The van der Waals surface area contributed by atoms with Gasteiger partial charge >= 0.3 is 0 Å². The summed E-state index contributed by atoms with van der Waals surface area (Å²) in [5.41, 5.74) is 4.67. The summed E-state index contributed by atoms with van der Waals surface area (Å²) in [5, 5.41) is 5.51. The number of carbonyl (C=O) groups is 1. The zero-order valence-corrected chi connectivity index (χ0v) is 16.3. The van der Waals surface area contributed by atoms with E-state index >= 15 is 0 Å². The van der Waals surface area contributed by atoms with E-state index in [0.29, 0.717) is 6.42 Å².